The lowest BCUT2D eigenvalue weighted by atomic mass is 9.39. The Balaban J connectivity index is 1.62. The van der Waals surface area contributed by atoms with E-state index in [0.29, 0.717) is 5.56 Å². The second-order valence-electron chi connectivity index (χ2n) is 17.6. The topological polar surface area (TPSA) is 143 Å². The molecule has 0 aliphatic heterocycles. The van der Waals surface area contributed by atoms with Gasteiger partial charge in [-0.2, -0.15) is 0 Å². The average Bonchev–Trinajstić information content (AvgIpc) is 2.96. The molecule has 3 aliphatic carbocycles. The molecule has 2 N–H and O–H groups in total. The number of aliphatic hydroxyl groups is 1. The van der Waals surface area contributed by atoms with Crippen molar-refractivity contribution in [1.82, 2.24) is 0 Å². The van der Waals surface area contributed by atoms with Gasteiger partial charge in [0.25, 0.3) is 0 Å². The third kappa shape index (κ3) is 5.44. The number of fused-ring (bicyclic) bond motifs is 3. The Morgan fingerprint density at radius 1 is 0.940 bits per heavy atom. The van der Waals surface area contributed by atoms with Gasteiger partial charge in [0.15, 0.2) is 28.7 Å². The van der Waals surface area contributed by atoms with Gasteiger partial charge in [0.1, 0.15) is 23.2 Å². The van der Waals surface area contributed by atoms with Crippen LogP contribution in [0.2, 0.25) is 0 Å². The molecule has 0 amide bonds. The van der Waals surface area contributed by atoms with Gasteiger partial charge in [-0.3, -0.25) is 28.8 Å². The minimum absolute atomic E-state index is 0.00572. The van der Waals surface area contributed by atoms with Gasteiger partial charge >= 0.3 is 0 Å². The summed E-state index contributed by atoms with van der Waals surface area (Å²) >= 11 is 0. The Hall–Kier alpha value is -3.78. The second-order valence-corrected chi connectivity index (χ2v) is 17.6. The van der Waals surface area contributed by atoms with Crippen LogP contribution >= 0.6 is 0 Å². The van der Waals surface area contributed by atoms with Crippen molar-refractivity contribution in [2.24, 2.45) is 34.5 Å². The van der Waals surface area contributed by atoms with Crippen molar-refractivity contribution in [1.29, 1.82) is 0 Å². The van der Waals surface area contributed by atoms with E-state index in [0.717, 1.165) is 29.2 Å². The summed E-state index contributed by atoms with van der Waals surface area (Å²) in [5.74, 6) is -9.62. The molecule has 268 valence electrons. The maximum absolute atomic E-state index is 14.7. The van der Waals surface area contributed by atoms with Crippen LogP contribution in [0.1, 0.15) is 125 Å². The lowest BCUT2D eigenvalue weighted by molar-refractivity contribution is -0.205. The van der Waals surface area contributed by atoms with Gasteiger partial charge < -0.3 is 10.2 Å². The second kappa shape index (κ2) is 12.2. The Bertz CT molecular complexity index is 1860. The van der Waals surface area contributed by atoms with E-state index in [4.69, 9.17) is 0 Å². The fraction of sp³-hybridized carbons (Fsp3) is 0.571. The number of carbonyl (C=O) groups excluding carboxylic acids is 6. The Labute approximate surface area is 295 Å². The summed E-state index contributed by atoms with van der Waals surface area (Å²) in [4.78, 5) is 83.4. The first kappa shape index (κ1) is 37.5. The fourth-order valence-electron chi connectivity index (χ4n) is 9.97. The first-order valence-electron chi connectivity index (χ1n) is 17.8. The minimum Gasteiger partial charge on any atom is -0.507 e. The molecule has 2 saturated carbocycles. The molecule has 3 unspecified atom stereocenters. The van der Waals surface area contributed by atoms with Crippen LogP contribution < -0.4 is 0 Å². The number of phenolic OH excluding ortho intramolecular Hbond substituents is 1. The van der Waals surface area contributed by atoms with E-state index < -0.39 is 69.0 Å². The Morgan fingerprint density at radius 2 is 1.54 bits per heavy atom. The van der Waals surface area contributed by atoms with Gasteiger partial charge in [-0.1, -0.05) is 92.1 Å². The number of rotatable bonds is 7. The van der Waals surface area contributed by atoms with Crippen molar-refractivity contribution in [2.45, 2.75) is 119 Å². The maximum Gasteiger partial charge on any atom is 0.190 e. The summed E-state index contributed by atoms with van der Waals surface area (Å²) in [6.07, 6.45) is 0.161. The van der Waals surface area contributed by atoms with Crippen molar-refractivity contribution in [3.8, 4) is 5.75 Å². The zero-order valence-electron chi connectivity index (χ0n) is 31.4. The van der Waals surface area contributed by atoms with E-state index in [9.17, 15) is 39.0 Å². The number of hydrogen-bond donors (Lipinski definition) is 2. The minimum atomic E-state index is -2.76. The number of ketones is 6. The van der Waals surface area contributed by atoms with Crippen LogP contribution in [-0.2, 0) is 48.7 Å². The van der Waals surface area contributed by atoms with Gasteiger partial charge in [-0.15, -0.1) is 0 Å². The van der Waals surface area contributed by atoms with Crippen molar-refractivity contribution in [3.63, 3.8) is 0 Å². The maximum atomic E-state index is 14.7. The molecule has 3 aliphatic rings. The van der Waals surface area contributed by atoms with Crippen molar-refractivity contribution in [3.05, 3.63) is 63.2 Å². The molecule has 2 aromatic rings. The van der Waals surface area contributed by atoms with Crippen LogP contribution in [0.3, 0.4) is 0 Å². The van der Waals surface area contributed by atoms with Crippen molar-refractivity contribution in [2.75, 3.05) is 0 Å². The van der Waals surface area contributed by atoms with Crippen LogP contribution in [0.5, 0.6) is 5.75 Å². The fourth-order valence-corrected chi connectivity index (χ4v) is 9.97. The highest BCUT2D eigenvalue weighted by molar-refractivity contribution is 6.32. The smallest absolute Gasteiger partial charge is 0.190 e. The molecule has 0 heterocycles. The van der Waals surface area contributed by atoms with Gasteiger partial charge in [0.2, 0.25) is 0 Å². The van der Waals surface area contributed by atoms with Crippen LogP contribution in [-0.4, -0.2) is 50.5 Å². The number of phenols is 1. The predicted octanol–water partition coefficient (Wildman–Crippen LogP) is 6.18. The number of benzene rings is 2. The van der Waals surface area contributed by atoms with E-state index in [-0.39, 0.29) is 59.7 Å². The summed E-state index contributed by atoms with van der Waals surface area (Å²) in [5, 5.41) is 24.1. The van der Waals surface area contributed by atoms with Gasteiger partial charge in [-0.25, -0.2) is 0 Å². The van der Waals surface area contributed by atoms with E-state index in [2.05, 4.69) is 26.8 Å². The lowest BCUT2D eigenvalue weighted by Crippen LogP contribution is -2.76. The number of aryl methyl sites for hydroxylation is 1. The monoisotopic (exact) mass is 684 g/mol. The third-order valence-electron chi connectivity index (χ3n) is 12.0. The molecule has 0 radical (unpaired) electrons. The molecule has 0 aromatic heterocycles. The summed E-state index contributed by atoms with van der Waals surface area (Å²) in [7, 11) is 0. The Morgan fingerprint density at radius 3 is 2.08 bits per heavy atom. The third-order valence-corrected chi connectivity index (χ3v) is 12.0. The predicted molar refractivity (Wildman–Crippen MR) is 189 cm³/mol. The molecule has 0 saturated heterocycles. The van der Waals surface area contributed by atoms with Crippen LogP contribution in [0.15, 0.2) is 24.3 Å². The Kier molecular flexibility index (Phi) is 9.13. The summed E-state index contributed by atoms with van der Waals surface area (Å²) in [5.41, 5.74) is -1.03. The molecule has 50 heavy (non-hydrogen) atoms. The quantitative estimate of drug-likeness (QED) is 0.330. The zero-order valence-corrected chi connectivity index (χ0v) is 31.4. The molecule has 5 rings (SSSR count). The summed E-state index contributed by atoms with van der Waals surface area (Å²) in [6, 6.07) is 7.80. The summed E-state index contributed by atoms with van der Waals surface area (Å²) in [6.45, 7) is 20.2. The molecule has 8 heteroatoms. The normalized spacial score (nSPS) is 29.6. The molecule has 0 bridgehead atoms. The standard InChI is InChI=1S/C42H52O8/c1-20(2)27-17-25(16-26(44)15-24-13-12-22(5)14-29(24)39(7,8)9)34(45)31-28(27)18-40(10)19-41(11)32(21(3)4)35(46)30(23(6)43)37(48)42(41,50)38(49)33(40)36(31)47/h12-14,17,20-21,30,32-33,45,50H,15-16,18-19H2,1-11H3/t30?,32?,33?,40-,41-,42+/m1/s1. The van der Waals surface area contributed by atoms with E-state index in [1.54, 1.807) is 33.8 Å². The SMILES string of the molecule is CC(=O)C1C(=O)C(C(C)C)[C@@]2(C)C[C@@]3(C)Cc4c(C(C)C)cc(CC(=O)Cc5ccc(C)cc5C(C)(C)C)c(O)c4C(=O)C3C(=O)[C@@]2(O)C1=O. The van der Waals surface area contributed by atoms with E-state index >= 15 is 0 Å². The number of carbonyl (C=O) groups is 6. The molecule has 2 fully saturated rings. The number of hydrogen-bond acceptors (Lipinski definition) is 8. The van der Waals surface area contributed by atoms with E-state index in [1.807, 2.05) is 32.9 Å². The molecular formula is C42H52O8. The average molecular weight is 685 g/mol. The van der Waals surface area contributed by atoms with Crippen molar-refractivity contribution >= 4 is 34.7 Å². The highest BCUT2D eigenvalue weighted by Gasteiger charge is 2.76. The highest BCUT2D eigenvalue weighted by atomic mass is 16.3. The van der Waals surface area contributed by atoms with Gasteiger partial charge in [-0.05, 0) is 71.6 Å². The van der Waals surface area contributed by atoms with Gasteiger partial charge in [0.05, 0.1) is 11.5 Å². The molecule has 2 aromatic carbocycles. The highest BCUT2D eigenvalue weighted by Crippen LogP contribution is 2.64. The van der Waals surface area contributed by atoms with E-state index in [1.165, 1.54) is 0 Å². The van der Waals surface area contributed by atoms with Crippen LogP contribution in [0, 0.1) is 41.4 Å². The largest absolute Gasteiger partial charge is 0.507 e. The number of Topliss-reactive ketones (excluding diaryl/α,β-unsaturated/α-hetero) is 6. The lowest BCUT2D eigenvalue weighted by Gasteiger charge is -2.62. The zero-order chi connectivity index (χ0) is 37.6. The first-order chi connectivity index (χ1) is 22.9. The molecule has 8 nitrogen and oxygen atoms in total. The first-order valence-corrected chi connectivity index (χ1v) is 17.8. The van der Waals surface area contributed by atoms with Gasteiger partial charge in [0, 0.05) is 29.7 Å². The number of aromatic hydroxyl groups is 1. The molecule has 0 spiro atoms. The molecule has 6 atom stereocenters. The van der Waals surface area contributed by atoms with Crippen LogP contribution in [0.25, 0.3) is 0 Å². The van der Waals surface area contributed by atoms with Crippen molar-refractivity contribution < 1.29 is 39.0 Å². The van der Waals surface area contributed by atoms with Crippen LogP contribution in [0.4, 0.5) is 0 Å². The summed E-state index contributed by atoms with van der Waals surface area (Å²) < 4.78 is 0. The molecular weight excluding hydrogens is 632 g/mol.